The summed E-state index contributed by atoms with van der Waals surface area (Å²) in [5, 5.41) is 10.5. The van der Waals surface area contributed by atoms with Crippen LogP contribution in [0.15, 0.2) is 71.2 Å². The first-order valence-electron chi connectivity index (χ1n) is 10.4. The van der Waals surface area contributed by atoms with Gasteiger partial charge in [0.05, 0.1) is 23.9 Å². The van der Waals surface area contributed by atoms with E-state index in [0.29, 0.717) is 16.3 Å². The molecule has 1 aliphatic rings. The maximum absolute atomic E-state index is 9.75. The number of anilines is 1. The van der Waals surface area contributed by atoms with E-state index in [0.717, 1.165) is 29.8 Å². The smallest absolute Gasteiger partial charge is 0.187 e. The van der Waals surface area contributed by atoms with E-state index in [1.807, 2.05) is 54.6 Å². The predicted molar refractivity (Wildman–Crippen MR) is 133 cm³/mol. The van der Waals surface area contributed by atoms with E-state index in [1.54, 1.807) is 0 Å². The van der Waals surface area contributed by atoms with E-state index in [-0.39, 0.29) is 12.1 Å². The first-order valence-corrected chi connectivity index (χ1v) is 11.6. The molecule has 160 valence electrons. The van der Waals surface area contributed by atoms with Gasteiger partial charge in [0, 0.05) is 35.2 Å². The van der Waals surface area contributed by atoms with Crippen molar-refractivity contribution in [2.75, 3.05) is 24.5 Å². The molecule has 3 aromatic carbocycles. The average Bonchev–Trinajstić information content (AvgIpc) is 2.84. The molecule has 1 fully saturated rings. The van der Waals surface area contributed by atoms with Crippen LogP contribution in [-0.2, 0) is 0 Å². The summed E-state index contributed by atoms with van der Waals surface area (Å²) in [5.74, 6) is 0. The molecule has 2 atom stereocenters. The Kier molecular flexibility index (Phi) is 6.82. The Balaban J connectivity index is 1.67. The molecule has 0 bridgehead atoms. The van der Waals surface area contributed by atoms with Crippen molar-refractivity contribution in [3.05, 3.63) is 104 Å². The lowest BCUT2D eigenvalue weighted by molar-refractivity contribution is 0.171. The van der Waals surface area contributed by atoms with Crippen LogP contribution in [0.2, 0.25) is 5.02 Å². The van der Waals surface area contributed by atoms with Gasteiger partial charge in [-0.2, -0.15) is 5.26 Å². The second-order valence-corrected chi connectivity index (χ2v) is 9.26. The summed E-state index contributed by atoms with van der Waals surface area (Å²) >= 11 is 9.64. The largest absolute Gasteiger partial charge is 0.361 e. The molecule has 1 aliphatic heterocycles. The minimum Gasteiger partial charge on any atom is -0.361 e. The summed E-state index contributed by atoms with van der Waals surface area (Å²) in [6, 6.07) is 24.4. The summed E-state index contributed by atoms with van der Waals surface area (Å²) in [6.45, 7) is 11.9. The first kappa shape index (κ1) is 22.4. The Morgan fingerprint density at radius 2 is 1.81 bits per heavy atom. The molecule has 0 amide bonds. The molecule has 3 aromatic rings. The maximum atomic E-state index is 9.75. The molecule has 4 rings (SSSR count). The van der Waals surface area contributed by atoms with Gasteiger partial charge in [0.1, 0.15) is 6.07 Å². The number of nitriles is 1. The third kappa shape index (κ3) is 4.66. The molecule has 0 radical (unpaired) electrons. The highest BCUT2D eigenvalue weighted by Crippen LogP contribution is 2.37. The van der Waals surface area contributed by atoms with Gasteiger partial charge in [-0.15, -0.1) is 0 Å². The van der Waals surface area contributed by atoms with E-state index in [1.165, 1.54) is 11.1 Å². The van der Waals surface area contributed by atoms with E-state index in [9.17, 15) is 5.26 Å². The summed E-state index contributed by atoms with van der Waals surface area (Å²) in [6.07, 6.45) is 0. The van der Waals surface area contributed by atoms with Gasteiger partial charge < -0.3 is 4.90 Å². The molecule has 0 N–H and O–H groups in total. The Bertz CT molecular complexity index is 1180. The summed E-state index contributed by atoms with van der Waals surface area (Å²) in [7, 11) is 0. The van der Waals surface area contributed by atoms with Crippen molar-refractivity contribution in [3.63, 3.8) is 0 Å². The van der Waals surface area contributed by atoms with Crippen molar-refractivity contribution in [3.8, 4) is 6.07 Å². The fraction of sp³-hybridized carbons (Fsp3) is 0.231. The Labute approximate surface area is 202 Å². The third-order valence-electron chi connectivity index (χ3n) is 6.11. The highest BCUT2D eigenvalue weighted by Gasteiger charge is 2.32. The van der Waals surface area contributed by atoms with Crippen LogP contribution >= 0.6 is 27.5 Å². The molecule has 0 spiro atoms. The highest BCUT2D eigenvalue weighted by molar-refractivity contribution is 9.10. The lowest BCUT2D eigenvalue weighted by Crippen LogP contribution is -2.49. The first-order chi connectivity index (χ1) is 15.5. The zero-order valence-electron chi connectivity index (χ0n) is 17.7. The second-order valence-electron chi connectivity index (χ2n) is 7.91. The number of piperazine rings is 1. The fourth-order valence-corrected chi connectivity index (χ4v) is 4.79. The Morgan fingerprint density at radius 1 is 1.09 bits per heavy atom. The van der Waals surface area contributed by atoms with Gasteiger partial charge in [0.15, 0.2) is 5.69 Å². The van der Waals surface area contributed by atoms with Crippen LogP contribution < -0.4 is 4.90 Å². The zero-order chi connectivity index (χ0) is 22.7. The number of nitrogens with zero attached hydrogens (tertiary/aromatic N) is 4. The molecule has 0 aliphatic carbocycles. The maximum Gasteiger partial charge on any atom is 0.187 e. The number of hydrogen-bond acceptors (Lipinski definition) is 3. The molecule has 1 heterocycles. The molecule has 0 unspecified atom stereocenters. The molecular weight excluding hydrogens is 484 g/mol. The van der Waals surface area contributed by atoms with Crippen molar-refractivity contribution in [1.29, 1.82) is 5.26 Å². The summed E-state index contributed by atoms with van der Waals surface area (Å²) in [4.78, 5) is 8.30. The Morgan fingerprint density at radius 3 is 2.47 bits per heavy atom. The zero-order valence-corrected chi connectivity index (χ0v) is 20.0. The van der Waals surface area contributed by atoms with Crippen LogP contribution in [0.5, 0.6) is 0 Å². The van der Waals surface area contributed by atoms with Crippen LogP contribution in [0, 0.1) is 17.9 Å². The third-order valence-corrected chi connectivity index (χ3v) is 6.85. The summed E-state index contributed by atoms with van der Waals surface area (Å²) < 4.78 is 0.899. The molecule has 1 saturated heterocycles. The fourth-order valence-electron chi connectivity index (χ4n) is 4.30. The monoisotopic (exact) mass is 504 g/mol. The van der Waals surface area contributed by atoms with Crippen molar-refractivity contribution in [2.45, 2.75) is 19.0 Å². The number of hydrogen-bond donors (Lipinski definition) is 0. The lowest BCUT2D eigenvalue weighted by atomic mass is 9.97. The van der Waals surface area contributed by atoms with Crippen molar-refractivity contribution in [1.82, 2.24) is 4.90 Å². The quantitative estimate of drug-likeness (QED) is 0.353. The van der Waals surface area contributed by atoms with Crippen molar-refractivity contribution >= 4 is 38.9 Å². The lowest BCUT2D eigenvalue weighted by Gasteiger charge is -2.45. The normalized spacial score (nSPS) is 17.4. The number of benzene rings is 3. The van der Waals surface area contributed by atoms with Crippen LogP contribution in [-0.4, -0.2) is 24.5 Å². The van der Waals surface area contributed by atoms with Crippen LogP contribution in [0.3, 0.4) is 0 Å². The molecule has 32 heavy (non-hydrogen) atoms. The van der Waals surface area contributed by atoms with E-state index < -0.39 is 0 Å². The standard InChI is InChI=1S/C26H22BrClN4/c1-18(19-5-10-24(30-2)11-6-19)31-13-14-32(25-12-7-22(27)15-21(25)16-29)26(17-31)20-3-8-23(28)9-4-20/h3-12,15,18,26H,13-14,17H2,1H3/t18-,26-/m0/s1. The molecule has 0 saturated carbocycles. The molecule has 6 heteroatoms. The van der Waals surface area contributed by atoms with Gasteiger partial charge in [-0.3, -0.25) is 4.90 Å². The molecular formula is C26H22BrClN4. The average molecular weight is 506 g/mol. The topological polar surface area (TPSA) is 34.6 Å². The minimum absolute atomic E-state index is 0.0826. The van der Waals surface area contributed by atoms with Crippen molar-refractivity contribution in [2.24, 2.45) is 0 Å². The van der Waals surface area contributed by atoms with Gasteiger partial charge in [0.2, 0.25) is 0 Å². The second kappa shape index (κ2) is 9.76. The number of halogens is 2. The van der Waals surface area contributed by atoms with Crippen molar-refractivity contribution < 1.29 is 0 Å². The minimum atomic E-state index is 0.0826. The van der Waals surface area contributed by atoms with Gasteiger partial charge in [-0.05, 0) is 48.4 Å². The van der Waals surface area contributed by atoms with Crippen LogP contribution in [0.4, 0.5) is 11.4 Å². The Hall–Kier alpha value is -2.83. The molecule has 0 aromatic heterocycles. The number of rotatable bonds is 4. The van der Waals surface area contributed by atoms with Gasteiger partial charge in [0.25, 0.3) is 0 Å². The van der Waals surface area contributed by atoms with Gasteiger partial charge in [-0.25, -0.2) is 4.85 Å². The molecule has 4 nitrogen and oxygen atoms in total. The van der Waals surface area contributed by atoms with E-state index in [4.69, 9.17) is 18.2 Å². The van der Waals surface area contributed by atoms with Crippen LogP contribution in [0.25, 0.3) is 4.85 Å². The van der Waals surface area contributed by atoms with E-state index >= 15 is 0 Å². The van der Waals surface area contributed by atoms with E-state index in [2.05, 4.69) is 55.7 Å². The van der Waals surface area contributed by atoms with Crippen LogP contribution in [0.1, 0.15) is 35.7 Å². The summed E-state index contributed by atoms with van der Waals surface area (Å²) in [5.41, 5.74) is 4.63. The van der Waals surface area contributed by atoms with Gasteiger partial charge >= 0.3 is 0 Å². The predicted octanol–water partition coefficient (Wildman–Crippen LogP) is 7.15. The van der Waals surface area contributed by atoms with Gasteiger partial charge in [-0.1, -0.05) is 63.9 Å². The highest BCUT2D eigenvalue weighted by atomic mass is 79.9. The SMILES string of the molecule is [C-]#[N+]c1ccc([C@H](C)N2CCN(c3ccc(Br)cc3C#N)[C@H](c3ccc(Cl)cc3)C2)cc1.